The van der Waals surface area contributed by atoms with Gasteiger partial charge in [0.25, 0.3) is 0 Å². The minimum Gasteiger partial charge on any atom is -0.398 e. The first-order chi connectivity index (χ1) is 14.0. The van der Waals surface area contributed by atoms with E-state index in [1.165, 1.54) is 0 Å². The maximum atomic E-state index is 13.1. The molecule has 0 fully saturated rings. The second kappa shape index (κ2) is 7.41. The van der Waals surface area contributed by atoms with E-state index < -0.39 is 0 Å². The van der Waals surface area contributed by atoms with Crippen molar-refractivity contribution in [3.8, 4) is 0 Å². The van der Waals surface area contributed by atoms with E-state index in [1.54, 1.807) is 60.7 Å². The lowest BCUT2D eigenvalue weighted by atomic mass is 9.82. The first-order valence-corrected chi connectivity index (χ1v) is 9.37. The van der Waals surface area contributed by atoms with Crippen LogP contribution in [0.4, 0.5) is 22.7 Å². The number of hydrogen-bond donors (Lipinski definition) is 3. The Bertz CT molecular complexity index is 1160. The number of nitrogens with two attached hydrogens (primary N) is 1. The van der Waals surface area contributed by atoms with E-state index in [0.717, 1.165) is 0 Å². The zero-order valence-electron chi connectivity index (χ0n) is 15.2. The minimum absolute atomic E-state index is 0.130. The summed E-state index contributed by atoms with van der Waals surface area (Å²) in [6.07, 6.45) is 0. The van der Waals surface area contributed by atoms with Crippen LogP contribution in [0.2, 0.25) is 0 Å². The number of fused-ring (bicyclic) bond motifs is 2. The maximum Gasteiger partial charge on any atom is 0.239 e. The Morgan fingerprint density at radius 1 is 0.828 bits per heavy atom. The molecule has 1 aliphatic rings. The van der Waals surface area contributed by atoms with E-state index in [-0.39, 0.29) is 40.2 Å². The summed E-state index contributed by atoms with van der Waals surface area (Å²) < 4.78 is 0. The monoisotopic (exact) mass is 405 g/mol. The van der Waals surface area contributed by atoms with Gasteiger partial charge in [-0.25, -0.2) is 0 Å². The van der Waals surface area contributed by atoms with Gasteiger partial charge < -0.3 is 16.4 Å². The number of anilines is 4. The highest BCUT2D eigenvalue weighted by molar-refractivity contribution is 6.32. The first kappa shape index (κ1) is 18.7. The summed E-state index contributed by atoms with van der Waals surface area (Å²) in [6, 6.07) is 16.9. The third kappa shape index (κ3) is 3.34. The fourth-order valence-electron chi connectivity index (χ4n) is 3.34. The number of rotatable bonds is 4. The Balaban J connectivity index is 1.71. The molecule has 1 amide bonds. The van der Waals surface area contributed by atoms with Gasteiger partial charge in [-0.05, 0) is 36.4 Å². The molecule has 6 nitrogen and oxygen atoms in total. The van der Waals surface area contributed by atoms with Gasteiger partial charge in [0, 0.05) is 28.2 Å². The lowest BCUT2D eigenvalue weighted by molar-refractivity contribution is -0.113. The van der Waals surface area contributed by atoms with Gasteiger partial charge in [-0.15, -0.1) is 11.6 Å². The number of alkyl halides is 1. The van der Waals surface area contributed by atoms with Gasteiger partial charge in [0.2, 0.25) is 5.91 Å². The average molecular weight is 406 g/mol. The summed E-state index contributed by atoms with van der Waals surface area (Å²) in [5.74, 6) is -0.955. The summed E-state index contributed by atoms with van der Waals surface area (Å²) in [7, 11) is 0. The van der Waals surface area contributed by atoms with Gasteiger partial charge >= 0.3 is 0 Å². The molecule has 0 aromatic heterocycles. The van der Waals surface area contributed by atoms with Crippen LogP contribution in [0.1, 0.15) is 31.8 Å². The van der Waals surface area contributed by atoms with Crippen molar-refractivity contribution in [1.82, 2.24) is 0 Å². The molecule has 0 radical (unpaired) electrons. The van der Waals surface area contributed by atoms with Crippen LogP contribution in [-0.2, 0) is 4.79 Å². The number of hydrogen-bond acceptors (Lipinski definition) is 5. The number of carbonyl (C=O) groups excluding carboxylic acids is 3. The molecular formula is C22H16ClN3O3. The molecule has 0 atom stereocenters. The molecule has 0 aliphatic heterocycles. The molecule has 29 heavy (non-hydrogen) atoms. The third-order valence-corrected chi connectivity index (χ3v) is 4.92. The SMILES string of the molecule is Nc1ccc(Nc2ccc(NC(=O)CCl)cc2)c2c1C(=O)c1ccccc1C2=O. The molecule has 0 saturated heterocycles. The van der Waals surface area contributed by atoms with Gasteiger partial charge in [-0.2, -0.15) is 0 Å². The zero-order valence-corrected chi connectivity index (χ0v) is 15.9. The van der Waals surface area contributed by atoms with Crippen LogP contribution in [0, 0.1) is 0 Å². The quantitative estimate of drug-likeness (QED) is 0.352. The number of benzene rings is 3. The third-order valence-electron chi connectivity index (χ3n) is 4.68. The number of nitrogen functional groups attached to an aromatic ring is 1. The standard InChI is InChI=1S/C22H16ClN3O3/c23-11-18(27)26-13-7-5-12(6-8-13)25-17-10-9-16(24)19-20(17)22(29)15-4-2-1-3-14(15)21(19)28/h1-10,25H,11,24H2,(H,26,27). The molecule has 0 saturated carbocycles. The van der Waals surface area contributed by atoms with E-state index in [0.29, 0.717) is 28.2 Å². The molecule has 0 unspecified atom stereocenters. The van der Waals surface area contributed by atoms with Crippen LogP contribution >= 0.6 is 11.6 Å². The fourth-order valence-corrected chi connectivity index (χ4v) is 3.41. The highest BCUT2D eigenvalue weighted by Crippen LogP contribution is 2.36. The zero-order chi connectivity index (χ0) is 20.5. The molecule has 4 N–H and O–H groups in total. The van der Waals surface area contributed by atoms with Crippen LogP contribution in [0.5, 0.6) is 0 Å². The topological polar surface area (TPSA) is 101 Å². The molecule has 1 aliphatic carbocycles. The second-order valence-corrected chi connectivity index (χ2v) is 6.81. The van der Waals surface area contributed by atoms with Crippen molar-refractivity contribution in [1.29, 1.82) is 0 Å². The highest BCUT2D eigenvalue weighted by Gasteiger charge is 2.33. The van der Waals surface area contributed by atoms with Crippen LogP contribution in [-0.4, -0.2) is 23.4 Å². The predicted molar refractivity (Wildman–Crippen MR) is 113 cm³/mol. The Morgan fingerprint density at radius 3 is 2.03 bits per heavy atom. The number of nitrogens with one attached hydrogen (secondary N) is 2. The lowest BCUT2D eigenvalue weighted by Gasteiger charge is -2.22. The average Bonchev–Trinajstić information content (AvgIpc) is 2.74. The second-order valence-electron chi connectivity index (χ2n) is 6.54. The lowest BCUT2D eigenvalue weighted by Crippen LogP contribution is -2.23. The van der Waals surface area contributed by atoms with E-state index in [1.807, 2.05) is 0 Å². The number of ketones is 2. The maximum absolute atomic E-state index is 13.1. The molecule has 0 spiro atoms. The van der Waals surface area contributed by atoms with Crippen molar-refractivity contribution in [2.45, 2.75) is 0 Å². The highest BCUT2D eigenvalue weighted by atomic mass is 35.5. The van der Waals surface area contributed by atoms with Gasteiger partial charge in [0.15, 0.2) is 11.6 Å². The normalized spacial score (nSPS) is 12.2. The van der Waals surface area contributed by atoms with Gasteiger partial charge in [-0.3, -0.25) is 14.4 Å². The van der Waals surface area contributed by atoms with Crippen LogP contribution in [0.15, 0.2) is 60.7 Å². The summed E-state index contributed by atoms with van der Waals surface area (Å²) in [5.41, 5.74) is 9.25. The summed E-state index contributed by atoms with van der Waals surface area (Å²) in [5, 5.41) is 5.82. The fraction of sp³-hybridized carbons (Fsp3) is 0.0455. The van der Waals surface area contributed by atoms with Gasteiger partial charge in [0.05, 0.1) is 16.8 Å². The van der Waals surface area contributed by atoms with Gasteiger partial charge in [-0.1, -0.05) is 24.3 Å². The Hall–Kier alpha value is -3.64. The molecule has 144 valence electrons. The smallest absolute Gasteiger partial charge is 0.239 e. The minimum atomic E-state index is -0.303. The van der Waals surface area contributed by atoms with Crippen LogP contribution in [0.3, 0.4) is 0 Å². The van der Waals surface area contributed by atoms with E-state index in [9.17, 15) is 14.4 Å². The van der Waals surface area contributed by atoms with Crippen molar-refractivity contribution in [3.63, 3.8) is 0 Å². The molecular weight excluding hydrogens is 390 g/mol. The van der Waals surface area contributed by atoms with E-state index >= 15 is 0 Å². The Morgan fingerprint density at radius 2 is 1.41 bits per heavy atom. The van der Waals surface area contributed by atoms with Crippen LogP contribution in [0.25, 0.3) is 0 Å². The number of halogens is 1. The Labute approximate surface area is 171 Å². The predicted octanol–water partition coefficient (Wildman–Crippen LogP) is 3.97. The van der Waals surface area contributed by atoms with Crippen molar-refractivity contribution >= 4 is 51.8 Å². The Kier molecular flexibility index (Phi) is 4.78. The molecule has 0 bridgehead atoms. The molecule has 0 heterocycles. The van der Waals surface area contributed by atoms with Crippen LogP contribution < -0.4 is 16.4 Å². The summed E-state index contributed by atoms with van der Waals surface area (Å²) in [4.78, 5) is 37.4. The molecule has 3 aromatic carbocycles. The summed E-state index contributed by atoms with van der Waals surface area (Å²) in [6.45, 7) is 0. The van der Waals surface area contributed by atoms with Crippen molar-refractivity contribution < 1.29 is 14.4 Å². The van der Waals surface area contributed by atoms with Crippen molar-refractivity contribution in [2.75, 3.05) is 22.2 Å². The largest absolute Gasteiger partial charge is 0.398 e. The number of amides is 1. The molecule has 3 aromatic rings. The van der Waals surface area contributed by atoms with Crippen molar-refractivity contribution in [3.05, 3.63) is 82.9 Å². The first-order valence-electron chi connectivity index (χ1n) is 8.83. The summed E-state index contributed by atoms with van der Waals surface area (Å²) >= 11 is 5.49. The van der Waals surface area contributed by atoms with E-state index in [2.05, 4.69) is 10.6 Å². The molecule has 4 rings (SSSR count). The molecule has 7 heteroatoms. The van der Waals surface area contributed by atoms with E-state index in [4.69, 9.17) is 17.3 Å². The van der Waals surface area contributed by atoms with Gasteiger partial charge in [0.1, 0.15) is 5.88 Å². The van der Waals surface area contributed by atoms with Crippen molar-refractivity contribution in [2.24, 2.45) is 0 Å². The number of carbonyl (C=O) groups is 3.